The molecule has 1 N–H and O–H groups in total. The van der Waals surface area contributed by atoms with Crippen LogP contribution in [-0.2, 0) is 7.05 Å². The van der Waals surface area contributed by atoms with Crippen molar-refractivity contribution in [2.45, 2.75) is 6.04 Å². The zero-order chi connectivity index (χ0) is 19.5. The molecule has 0 spiro atoms. The van der Waals surface area contributed by atoms with E-state index in [9.17, 15) is 4.79 Å². The van der Waals surface area contributed by atoms with Crippen molar-refractivity contribution in [2.24, 2.45) is 7.05 Å². The monoisotopic (exact) mass is 449 g/mol. The minimum Gasteiger partial charge on any atom is -0.497 e. The van der Waals surface area contributed by atoms with Crippen LogP contribution in [0.2, 0.25) is 0 Å². The quantitative estimate of drug-likeness (QED) is 0.659. The molecule has 4 rings (SSSR count). The van der Waals surface area contributed by atoms with E-state index in [4.69, 9.17) is 9.72 Å². The predicted octanol–water partition coefficient (Wildman–Crippen LogP) is 2.85. The molecule has 0 amide bonds. The third-order valence-corrected chi connectivity index (χ3v) is 5.06. The molecule has 1 atom stereocenters. The van der Waals surface area contributed by atoms with Crippen LogP contribution in [0.1, 0.15) is 11.6 Å². The molecule has 30 heavy (non-hydrogen) atoms. The second kappa shape index (κ2) is 10.4. The molecule has 7 nitrogen and oxygen atoms in total. The summed E-state index contributed by atoms with van der Waals surface area (Å²) in [5.74, 6) is 1.52. The highest BCUT2D eigenvalue weighted by Crippen LogP contribution is 2.24. The molecule has 0 bridgehead atoms. The molecule has 1 aliphatic heterocycles. The van der Waals surface area contributed by atoms with Crippen molar-refractivity contribution in [3.8, 4) is 17.0 Å². The summed E-state index contributed by atoms with van der Waals surface area (Å²) in [5.41, 5.74) is 2.66. The molecule has 1 aliphatic rings. The predicted molar refractivity (Wildman–Crippen MR) is 123 cm³/mol. The topological polar surface area (TPSA) is 72.3 Å². The Morgan fingerprint density at radius 1 is 1.10 bits per heavy atom. The number of anilines is 1. The van der Waals surface area contributed by atoms with Crippen LogP contribution in [0.15, 0.2) is 59.7 Å². The average molecular weight is 450 g/mol. The van der Waals surface area contributed by atoms with Crippen LogP contribution in [0.3, 0.4) is 0 Å². The molecule has 160 valence electrons. The molecule has 1 aromatic carbocycles. The summed E-state index contributed by atoms with van der Waals surface area (Å²) in [4.78, 5) is 23.6. The zero-order valence-corrected chi connectivity index (χ0v) is 18.4. The molecule has 0 aliphatic carbocycles. The summed E-state index contributed by atoms with van der Waals surface area (Å²) in [7, 11) is 3.43. The summed E-state index contributed by atoms with van der Waals surface area (Å²) in [5, 5.41) is 3.55. The van der Waals surface area contributed by atoms with Gasteiger partial charge in [-0.15, -0.1) is 24.8 Å². The van der Waals surface area contributed by atoms with E-state index in [1.807, 2.05) is 24.3 Å². The first-order chi connectivity index (χ1) is 13.7. The fraction of sp³-hybridized carbons (Fsp3) is 0.286. The van der Waals surface area contributed by atoms with Gasteiger partial charge in [0.05, 0.1) is 12.8 Å². The number of hydrogen-bond acceptors (Lipinski definition) is 6. The van der Waals surface area contributed by atoms with E-state index in [2.05, 4.69) is 27.3 Å². The van der Waals surface area contributed by atoms with Crippen molar-refractivity contribution in [3.63, 3.8) is 0 Å². The van der Waals surface area contributed by atoms with Gasteiger partial charge in [0.25, 0.3) is 5.56 Å². The molecule has 9 heteroatoms. The van der Waals surface area contributed by atoms with Gasteiger partial charge in [0.1, 0.15) is 5.75 Å². The van der Waals surface area contributed by atoms with Crippen molar-refractivity contribution in [1.82, 2.24) is 19.9 Å². The maximum Gasteiger partial charge on any atom is 0.255 e. The molecule has 2 aromatic heterocycles. The van der Waals surface area contributed by atoms with Gasteiger partial charge in [-0.1, -0.05) is 12.1 Å². The molecule has 3 aromatic rings. The van der Waals surface area contributed by atoms with Gasteiger partial charge in [-0.3, -0.25) is 14.3 Å². The second-order valence-electron chi connectivity index (χ2n) is 6.80. The van der Waals surface area contributed by atoms with Gasteiger partial charge in [0.15, 0.2) is 0 Å². The Hall–Kier alpha value is -2.61. The van der Waals surface area contributed by atoms with Crippen molar-refractivity contribution >= 4 is 30.8 Å². The number of nitrogens with one attached hydrogen (secondary N) is 1. The maximum atomic E-state index is 12.5. The standard InChI is InChI=1S/C21H23N5O2.2ClH/c1-25-20(27)13-18(16-7-9-22-10-8-16)24-21(25)26-12-11-23-19(14-26)15-3-5-17(28-2)6-4-15;;/h3-10,13,19,23H,11-12,14H2,1-2H3;2*1H. The van der Waals surface area contributed by atoms with Gasteiger partial charge in [0, 0.05) is 56.7 Å². The number of benzene rings is 1. The van der Waals surface area contributed by atoms with Gasteiger partial charge >= 0.3 is 0 Å². The van der Waals surface area contributed by atoms with Crippen LogP contribution in [-0.4, -0.2) is 41.3 Å². The highest BCUT2D eigenvalue weighted by Gasteiger charge is 2.24. The lowest BCUT2D eigenvalue weighted by Gasteiger charge is -2.35. The average Bonchev–Trinajstić information content (AvgIpc) is 2.76. The van der Waals surface area contributed by atoms with E-state index < -0.39 is 0 Å². The fourth-order valence-corrected chi connectivity index (χ4v) is 3.47. The number of methoxy groups -OCH3 is 1. The van der Waals surface area contributed by atoms with Crippen molar-refractivity contribution in [3.05, 3.63) is 70.8 Å². The smallest absolute Gasteiger partial charge is 0.255 e. The Labute approximate surface area is 187 Å². The Morgan fingerprint density at radius 2 is 1.80 bits per heavy atom. The minimum absolute atomic E-state index is 0. The highest BCUT2D eigenvalue weighted by molar-refractivity contribution is 5.85. The first kappa shape index (κ1) is 23.7. The Kier molecular flexibility index (Phi) is 8.23. The van der Waals surface area contributed by atoms with Crippen molar-refractivity contribution in [2.75, 3.05) is 31.6 Å². The van der Waals surface area contributed by atoms with Crippen LogP contribution >= 0.6 is 24.8 Å². The van der Waals surface area contributed by atoms with E-state index in [0.717, 1.165) is 30.9 Å². The Balaban J connectivity index is 0.00000160. The first-order valence-electron chi connectivity index (χ1n) is 9.26. The fourth-order valence-electron chi connectivity index (χ4n) is 3.47. The van der Waals surface area contributed by atoms with Crippen molar-refractivity contribution in [1.29, 1.82) is 0 Å². The summed E-state index contributed by atoms with van der Waals surface area (Å²) >= 11 is 0. The van der Waals surface area contributed by atoms with Crippen LogP contribution in [0.5, 0.6) is 5.75 Å². The molecular formula is C21H25Cl2N5O2. The summed E-state index contributed by atoms with van der Waals surface area (Å²) < 4.78 is 6.86. The van der Waals surface area contributed by atoms with E-state index >= 15 is 0 Å². The Morgan fingerprint density at radius 3 is 2.47 bits per heavy atom. The lowest BCUT2D eigenvalue weighted by Crippen LogP contribution is -2.47. The van der Waals surface area contributed by atoms with Crippen LogP contribution in [0.25, 0.3) is 11.3 Å². The van der Waals surface area contributed by atoms with Gasteiger partial charge in [-0.05, 0) is 29.8 Å². The number of halogens is 2. The summed E-state index contributed by atoms with van der Waals surface area (Å²) in [6.07, 6.45) is 3.41. The molecular weight excluding hydrogens is 425 g/mol. The highest BCUT2D eigenvalue weighted by atomic mass is 35.5. The first-order valence-corrected chi connectivity index (χ1v) is 9.26. The lowest BCUT2D eigenvalue weighted by atomic mass is 10.0. The van der Waals surface area contributed by atoms with E-state index in [0.29, 0.717) is 11.6 Å². The van der Waals surface area contributed by atoms with Gasteiger partial charge < -0.3 is 15.0 Å². The largest absolute Gasteiger partial charge is 0.497 e. The number of nitrogens with zero attached hydrogens (tertiary/aromatic N) is 4. The number of ether oxygens (including phenoxy) is 1. The SMILES string of the molecule is COc1ccc(C2CN(c3nc(-c4ccncc4)cc(=O)n3C)CCN2)cc1.Cl.Cl. The molecule has 1 saturated heterocycles. The normalized spacial score (nSPS) is 15.7. The number of piperazine rings is 1. The molecule has 1 unspecified atom stereocenters. The van der Waals surface area contributed by atoms with Crippen LogP contribution in [0.4, 0.5) is 5.95 Å². The molecule has 0 radical (unpaired) electrons. The van der Waals surface area contributed by atoms with Gasteiger partial charge in [-0.2, -0.15) is 0 Å². The van der Waals surface area contributed by atoms with Gasteiger partial charge in [0.2, 0.25) is 5.95 Å². The third-order valence-electron chi connectivity index (χ3n) is 5.06. The number of aromatic nitrogens is 3. The van der Waals surface area contributed by atoms with E-state index in [-0.39, 0.29) is 36.4 Å². The maximum absolute atomic E-state index is 12.5. The van der Waals surface area contributed by atoms with E-state index in [1.165, 1.54) is 5.56 Å². The van der Waals surface area contributed by atoms with Crippen LogP contribution < -0.4 is 20.5 Å². The van der Waals surface area contributed by atoms with Crippen LogP contribution in [0, 0.1) is 0 Å². The second-order valence-corrected chi connectivity index (χ2v) is 6.80. The Bertz CT molecular complexity index is 1010. The van der Waals surface area contributed by atoms with Crippen molar-refractivity contribution < 1.29 is 4.74 Å². The minimum atomic E-state index is -0.0728. The molecule has 0 saturated carbocycles. The number of rotatable bonds is 4. The molecule has 3 heterocycles. The van der Waals surface area contributed by atoms with Gasteiger partial charge in [-0.25, -0.2) is 4.98 Å². The number of hydrogen-bond donors (Lipinski definition) is 1. The third kappa shape index (κ3) is 4.92. The summed E-state index contributed by atoms with van der Waals surface area (Å²) in [6.45, 7) is 2.32. The number of pyridine rings is 1. The molecule has 1 fully saturated rings. The zero-order valence-electron chi connectivity index (χ0n) is 16.8. The lowest BCUT2D eigenvalue weighted by molar-refractivity contribution is 0.413. The van der Waals surface area contributed by atoms with E-state index in [1.54, 1.807) is 37.2 Å². The summed E-state index contributed by atoms with van der Waals surface area (Å²) in [6, 6.07) is 13.5.